The first-order valence-corrected chi connectivity index (χ1v) is 18.6. The van der Waals surface area contributed by atoms with Gasteiger partial charge in [-0.15, -0.1) is 5.10 Å². The summed E-state index contributed by atoms with van der Waals surface area (Å²) in [7, 11) is 0. The number of carbonyl (C=O) groups is 2. The van der Waals surface area contributed by atoms with Gasteiger partial charge in [0.1, 0.15) is 0 Å². The van der Waals surface area contributed by atoms with Crippen molar-refractivity contribution < 1.29 is 24.2 Å². The van der Waals surface area contributed by atoms with E-state index in [-0.39, 0.29) is 30.6 Å². The quantitative estimate of drug-likeness (QED) is 0.0773. The summed E-state index contributed by atoms with van der Waals surface area (Å²) in [6, 6.07) is 33.9. The number of aliphatic hydroxyl groups excluding tert-OH is 1. The van der Waals surface area contributed by atoms with Crippen LogP contribution in [-0.4, -0.2) is 55.5 Å². The molecule has 270 valence electrons. The van der Waals surface area contributed by atoms with Crippen LogP contribution in [0.4, 0.5) is 0 Å². The fourth-order valence-electron chi connectivity index (χ4n) is 6.10. The Labute approximate surface area is 308 Å². The maximum atomic E-state index is 12.6. The number of nitrogens with one attached hydrogen (secondary N) is 2. The Bertz CT molecular complexity index is 1890. The summed E-state index contributed by atoms with van der Waals surface area (Å²) in [6.07, 6.45) is 2.64. The van der Waals surface area contributed by atoms with E-state index in [9.17, 15) is 14.7 Å². The normalized spacial score (nSPS) is 17.1. The number of unbranched alkanes of at least 4 members (excludes halogenated alkanes) is 2. The molecule has 6 rings (SSSR count). The smallest absolute Gasteiger partial charge is 0.220 e. The van der Waals surface area contributed by atoms with Gasteiger partial charge in [-0.3, -0.25) is 9.59 Å². The van der Waals surface area contributed by atoms with Crippen molar-refractivity contribution in [3.8, 4) is 16.8 Å². The third-order valence-electron chi connectivity index (χ3n) is 8.90. The minimum absolute atomic E-state index is 0.0149. The summed E-state index contributed by atoms with van der Waals surface area (Å²) in [5.41, 5.74) is 6.75. The summed E-state index contributed by atoms with van der Waals surface area (Å²) in [6.45, 7) is 2.56. The molecule has 3 N–H and O–H groups in total. The zero-order chi connectivity index (χ0) is 36.1. The number of ether oxygens (including phenoxy) is 2. The molecule has 1 aliphatic heterocycles. The standard InChI is InChI=1S/C40H44N6O5S/c1-28(48)41-23-9-3-6-14-38(49)42-25-33-10-7-8-13-36(33)30-19-21-32(22-20-30)39-50-35(24-37(51-39)31-17-15-29(26-47)16-18-31)27-52-40-43-44-45-46(40)34-11-4-2-5-12-34/h2,4-5,7-8,10-13,15-22,35,37,39,47H,3,6,9,14,23-27H2,1H3,(H,41,48)(H,42,49)/t35-,37+,39+/m0/s1. The highest BCUT2D eigenvalue weighted by molar-refractivity contribution is 7.99. The van der Waals surface area contributed by atoms with Crippen LogP contribution in [0.2, 0.25) is 0 Å². The molecule has 0 radical (unpaired) electrons. The topological polar surface area (TPSA) is 140 Å². The molecule has 0 bridgehead atoms. The number of para-hydroxylation sites is 1. The Morgan fingerprint density at radius 1 is 0.865 bits per heavy atom. The van der Waals surface area contributed by atoms with Crippen LogP contribution in [0.1, 0.15) is 73.7 Å². The molecule has 0 aliphatic carbocycles. The molecule has 11 nitrogen and oxygen atoms in total. The van der Waals surface area contributed by atoms with Crippen LogP contribution < -0.4 is 10.6 Å². The van der Waals surface area contributed by atoms with Crippen molar-refractivity contribution in [1.29, 1.82) is 0 Å². The van der Waals surface area contributed by atoms with Crippen molar-refractivity contribution in [3.63, 3.8) is 0 Å². The predicted octanol–water partition coefficient (Wildman–Crippen LogP) is 6.47. The van der Waals surface area contributed by atoms with Gasteiger partial charge >= 0.3 is 0 Å². The molecule has 1 aromatic heterocycles. The molecule has 2 heterocycles. The third kappa shape index (κ3) is 10.1. The second kappa shape index (κ2) is 18.6. The molecule has 12 heteroatoms. The van der Waals surface area contributed by atoms with Crippen molar-refractivity contribution in [3.05, 3.63) is 125 Å². The maximum Gasteiger partial charge on any atom is 0.220 e. The molecule has 1 saturated heterocycles. The summed E-state index contributed by atoms with van der Waals surface area (Å²) in [5.74, 6) is 0.601. The molecule has 5 aromatic rings. The lowest BCUT2D eigenvalue weighted by molar-refractivity contribution is -0.245. The second-order valence-electron chi connectivity index (χ2n) is 12.7. The van der Waals surface area contributed by atoms with E-state index in [0.29, 0.717) is 36.8 Å². The van der Waals surface area contributed by atoms with Gasteiger partial charge in [0, 0.05) is 44.2 Å². The van der Waals surface area contributed by atoms with Crippen molar-refractivity contribution in [2.45, 2.75) is 75.8 Å². The molecule has 4 aromatic carbocycles. The number of rotatable bonds is 16. The van der Waals surface area contributed by atoms with Crippen molar-refractivity contribution >= 4 is 23.6 Å². The van der Waals surface area contributed by atoms with Gasteiger partial charge in [-0.25, -0.2) is 0 Å². The van der Waals surface area contributed by atoms with Crippen LogP contribution in [-0.2, 0) is 32.2 Å². The Balaban J connectivity index is 1.12. The van der Waals surface area contributed by atoms with Gasteiger partial charge in [0.15, 0.2) is 6.29 Å². The van der Waals surface area contributed by atoms with Crippen LogP contribution >= 0.6 is 11.8 Å². The van der Waals surface area contributed by atoms with E-state index in [0.717, 1.165) is 58.3 Å². The first-order chi connectivity index (χ1) is 25.5. The van der Waals surface area contributed by atoms with Gasteiger partial charge in [0.2, 0.25) is 17.0 Å². The van der Waals surface area contributed by atoms with E-state index in [1.807, 2.05) is 84.9 Å². The third-order valence-corrected chi connectivity index (χ3v) is 9.95. The lowest BCUT2D eigenvalue weighted by atomic mass is 9.97. The van der Waals surface area contributed by atoms with Crippen molar-refractivity contribution in [1.82, 2.24) is 30.8 Å². The van der Waals surface area contributed by atoms with Gasteiger partial charge in [-0.1, -0.05) is 109 Å². The number of aliphatic hydroxyl groups is 1. The lowest BCUT2D eigenvalue weighted by Crippen LogP contribution is -2.31. The average Bonchev–Trinajstić information content (AvgIpc) is 3.67. The van der Waals surface area contributed by atoms with Gasteiger partial charge in [-0.2, -0.15) is 4.68 Å². The Kier molecular flexibility index (Phi) is 13.2. The number of carbonyl (C=O) groups excluding carboxylic acids is 2. The van der Waals surface area contributed by atoms with Crippen LogP contribution in [0.5, 0.6) is 0 Å². The number of tetrazole rings is 1. The van der Waals surface area contributed by atoms with Crippen molar-refractivity contribution in [2.24, 2.45) is 0 Å². The van der Waals surface area contributed by atoms with Gasteiger partial charge in [0.25, 0.3) is 0 Å². The number of benzene rings is 4. The van der Waals surface area contributed by atoms with E-state index in [1.165, 1.54) is 6.92 Å². The molecule has 0 spiro atoms. The maximum absolute atomic E-state index is 12.6. The number of aromatic nitrogens is 4. The minimum atomic E-state index is -0.603. The highest BCUT2D eigenvalue weighted by atomic mass is 32.2. The molecule has 0 saturated carbocycles. The number of hydrogen-bond donors (Lipinski definition) is 3. The molecule has 2 amide bonds. The summed E-state index contributed by atoms with van der Waals surface area (Å²) in [5, 5.41) is 28.5. The first-order valence-electron chi connectivity index (χ1n) is 17.6. The van der Waals surface area contributed by atoms with Crippen LogP contribution in [0.3, 0.4) is 0 Å². The van der Waals surface area contributed by atoms with Crippen LogP contribution in [0, 0.1) is 0 Å². The summed E-state index contributed by atoms with van der Waals surface area (Å²) >= 11 is 1.54. The average molecular weight is 721 g/mol. The summed E-state index contributed by atoms with van der Waals surface area (Å²) < 4.78 is 14.9. The predicted molar refractivity (Wildman–Crippen MR) is 199 cm³/mol. The number of thioether (sulfide) groups is 1. The zero-order valence-electron chi connectivity index (χ0n) is 29.2. The largest absolute Gasteiger partial charge is 0.392 e. The number of amides is 2. The van der Waals surface area contributed by atoms with E-state index in [1.54, 1.807) is 16.4 Å². The Morgan fingerprint density at radius 3 is 2.38 bits per heavy atom. The SMILES string of the molecule is CC(=O)NCCCCCC(=O)NCc1ccccc1-c1ccc([C@@H]2O[C@H](CSc3nnnn3-c3ccccc3)C[C@H](c3ccc(CO)cc3)O2)cc1. The fraction of sp³-hybridized carbons (Fsp3) is 0.325. The Hall–Kier alpha value is -4.88. The number of nitrogens with zero attached hydrogens (tertiary/aromatic N) is 4. The van der Waals surface area contributed by atoms with E-state index in [4.69, 9.17) is 9.47 Å². The molecule has 1 fully saturated rings. The van der Waals surface area contributed by atoms with E-state index in [2.05, 4.69) is 44.4 Å². The Morgan fingerprint density at radius 2 is 1.62 bits per heavy atom. The zero-order valence-corrected chi connectivity index (χ0v) is 30.0. The summed E-state index contributed by atoms with van der Waals surface area (Å²) in [4.78, 5) is 23.6. The van der Waals surface area contributed by atoms with E-state index >= 15 is 0 Å². The lowest BCUT2D eigenvalue weighted by Gasteiger charge is -2.36. The molecule has 1 aliphatic rings. The van der Waals surface area contributed by atoms with Crippen LogP contribution in [0.15, 0.2) is 108 Å². The monoisotopic (exact) mass is 720 g/mol. The number of hydrogen-bond acceptors (Lipinski definition) is 9. The highest BCUT2D eigenvalue weighted by Crippen LogP contribution is 2.40. The fourth-order valence-corrected chi connectivity index (χ4v) is 7.01. The van der Waals surface area contributed by atoms with Crippen LogP contribution in [0.25, 0.3) is 16.8 Å². The molecule has 0 unspecified atom stereocenters. The first kappa shape index (κ1) is 36.9. The van der Waals surface area contributed by atoms with E-state index < -0.39 is 6.29 Å². The molecule has 52 heavy (non-hydrogen) atoms. The van der Waals surface area contributed by atoms with Gasteiger partial charge < -0.3 is 25.2 Å². The molecule has 3 atom stereocenters. The molecular weight excluding hydrogens is 677 g/mol. The second-order valence-corrected chi connectivity index (χ2v) is 13.7. The van der Waals surface area contributed by atoms with Gasteiger partial charge in [0.05, 0.1) is 24.5 Å². The minimum Gasteiger partial charge on any atom is -0.392 e. The molecular formula is C40H44N6O5S. The highest BCUT2D eigenvalue weighted by Gasteiger charge is 2.32. The van der Waals surface area contributed by atoms with Crippen molar-refractivity contribution in [2.75, 3.05) is 12.3 Å². The van der Waals surface area contributed by atoms with Gasteiger partial charge in [-0.05, 0) is 63.2 Å².